The highest BCUT2D eigenvalue weighted by Crippen LogP contribution is 2.41. The highest BCUT2D eigenvalue weighted by Gasteiger charge is 2.33. The van der Waals surface area contributed by atoms with E-state index in [-0.39, 0.29) is 6.04 Å². The van der Waals surface area contributed by atoms with E-state index in [0.717, 1.165) is 18.9 Å². The highest BCUT2D eigenvalue weighted by molar-refractivity contribution is 5.24. The van der Waals surface area contributed by atoms with Crippen molar-refractivity contribution in [1.29, 1.82) is 0 Å². The van der Waals surface area contributed by atoms with Crippen LogP contribution in [0.1, 0.15) is 24.4 Å². The molecule has 0 heterocycles. The number of hydrogen-bond acceptors (Lipinski definition) is 1. The summed E-state index contributed by atoms with van der Waals surface area (Å²) >= 11 is 0. The van der Waals surface area contributed by atoms with Gasteiger partial charge in [-0.1, -0.05) is 12.1 Å². The molecule has 1 aliphatic rings. The summed E-state index contributed by atoms with van der Waals surface area (Å²) < 4.78 is 26.4. The number of rotatable bonds is 3. The SMILES string of the molecule is CNC(c1cccc(F)c1F)C1CC1. The third-order valence-corrected chi connectivity index (χ3v) is 2.72. The molecule has 1 saturated carbocycles. The van der Waals surface area contributed by atoms with Crippen molar-refractivity contribution in [3.8, 4) is 0 Å². The number of halogens is 2. The Kier molecular flexibility index (Phi) is 2.50. The molecule has 0 aliphatic heterocycles. The molecule has 1 N–H and O–H groups in total. The Balaban J connectivity index is 2.33. The predicted molar refractivity (Wildman–Crippen MR) is 50.9 cm³/mol. The van der Waals surface area contributed by atoms with Crippen LogP contribution in [-0.4, -0.2) is 7.05 Å². The van der Waals surface area contributed by atoms with Crippen molar-refractivity contribution < 1.29 is 8.78 Å². The molecule has 1 unspecified atom stereocenters. The molecular weight excluding hydrogens is 184 g/mol. The van der Waals surface area contributed by atoms with Crippen LogP contribution in [-0.2, 0) is 0 Å². The lowest BCUT2D eigenvalue weighted by Gasteiger charge is -2.16. The summed E-state index contributed by atoms with van der Waals surface area (Å²) in [5.41, 5.74) is 0.454. The fourth-order valence-corrected chi connectivity index (χ4v) is 1.84. The molecule has 1 aromatic carbocycles. The van der Waals surface area contributed by atoms with Crippen LogP contribution in [0.5, 0.6) is 0 Å². The highest BCUT2D eigenvalue weighted by atomic mass is 19.2. The van der Waals surface area contributed by atoms with Crippen LogP contribution in [0.2, 0.25) is 0 Å². The third kappa shape index (κ3) is 1.64. The van der Waals surface area contributed by atoms with Crippen molar-refractivity contribution in [2.75, 3.05) is 7.05 Å². The van der Waals surface area contributed by atoms with E-state index in [0.29, 0.717) is 11.5 Å². The fourth-order valence-electron chi connectivity index (χ4n) is 1.84. The summed E-state index contributed by atoms with van der Waals surface area (Å²) in [6.07, 6.45) is 2.20. The molecule has 2 rings (SSSR count). The van der Waals surface area contributed by atoms with E-state index in [1.54, 1.807) is 19.2 Å². The van der Waals surface area contributed by atoms with Gasteiger partial charge in [0.25, 0.3) is 0 Å². The maximum atomic E-state index is 13.4. The summed E-state index contributed by atoms with van der Waals surface area (Å²) in [4.78, 5) is 0. The molecule has 0 saturated heterocycles. The van der Waals surface area contributed by atoms with Crippen LogP contribution < -0.4 is 5.32 Å². The topological polar surface area (TPSA) is 12.0 Å². The Morgan fingerprint density at radius 1 is 1.36 bits per heavy atom. The fraction of sp³-hybridized carbons (Fsp3) is 0.455. The monoisotopic (exact) mass is 197 g/mol. The van der Waals surface area contributed by atoms with E-state index >= 15 is 0 Å². The number of nitrogens with one attached hydrogen (secondary N) is 1. The molecule has 1 aromatic rings. The van der Waals surface area contributed by atoms with Gasteiger partial charge >= 0.3 is 0 Å². The Labute approximate surface area is 82.1 Å². The van der Waals surface area contributed by atoms with Gasteiger partial charge in [-0.3, -0.25) is 0 Å². The molecule has 0 bridgehead atoms. The van der Waals surface area contributed by atoms with Crippen molar-refractivity contribution in [2.45, 2.75) is 18.9 Å². The molecule has 1 fully saturated rings. The van der Waals surface area contributed by atoms with Gasteiger partial charge in [-0.05, 0) is 31.9 Å². The van der Waals surface area contributed by atoms with Gasteiger partial charge in [0.1, 0.15) is 0 Å². The molecule has 76 valence electrons. The molecule has 0 aromatic heterocycles. The maximum Gasteiger partial charge on any atom is 0.163 e. The van der Waals surface area contributed by atoms with Gasteiger partial charge in [-0.25, -0.2) is 8.78 Å². The second-order valence-corrected chi connectivity index (χ2v) is 3.75. The standard InChI is InChI=1S/C11H13F2N/c1-14-11(7-5-6-7)8-3-2-4-9(12)10(8)13/h2-4,7,11,14H,5-6H2,1H3. The molecule has 0 amide bonds. The summed E-state index contributed by atoms with van der Waals surface area (Å²) in [7, 11) is 1.79. The Bertz CT molecular complexity index is 334. The molecule has 1 atom stereocenters. The van der Waals surface area contributed by atoms with E-state index in [1.807, 2.05) is 0 Å². The van der Waals surface area contributed by atoms with Crippen molar-refractivity contribution in [2.24, 2.45) is 5.92 Å². The molecule has 3 heteroatoms. The maximum absolute atomic E-state index is 13.4. The van der Waals surface area contributed by atoms with Crippen LogP contribution in [0.15, 0.2) is 18.2 Å². The first-order valence-electron chi connectivity index (χ1n) is 4.85. The Morgan fingerprint density at radius 3 is 2.64 bits per heavy atom. The molecular formula is C11H13F2N. The predicted octanol–water partition coefficient (Wildman–Crippen LogP) is 2.64. The molecule has 0 radical (unpaired) electrons. The van der Waals surface area contributed by atoms with Gasteiger partial charge in [0.05, 0.1) is 0 Å². The minimum Gasteiger partial charge on any atom is -0.313 e. The van der Waals surface area contributed by atoms with E-state index in [9.17, 15) is 8.78 Å². The molecule has 0 spiro atoms. The van der Waals surface area contributed by atoms with E-state index in [4.69, 9.17) is 0 Å². The van der Waals surface area contributed by atoms with Gasteiger partial charge in [0, 0.05) is 11.6 Å². The first-order valence-corrected chi connectivity index (χ1v) is 4.85. The average Bonchev–Trinajstić information content (AvgIpc) is 2.97. The van der Waals surface area contributed by atoms with Gasteiger partial charge in [0.2, 0.25) is 0 Å². The summed E-state index contributed by atoms with van der Waals surface area (Å²) in [5, 5.41) is 3.04. The number of hydrogen-bond donors (Lipinski definition) is 1. The van der Waals surface area contributed by atoms with Crippen LogP contribution in [0.25, 0.3) is 0 Å². The lowest BCUT2D eigenvalue weighted by molar-refractivity contribution is 0.455. The largest absolute Gasteiger partial charge is 0.313 e. The molecule has 14 heavy (non-hydrogen) atoms. The normalized spacial score (nSPS) is 18.2. The Hall–Kier alpha value is -0.960. The Morgan fingerprint density at radius 2 is 2.07 bits per heavy atom. The van der Waals surface area contributed by atoms with Gasteiger partial charge in [0.15, 0.2) is 11.6 Å². The molecule has 1 aliphatic carbocycles. The van der Waals surface area contributed by atoms with Crippen molar-refractivity contribution >= 4 is 0 Å². The van der Waals surface area contributed by atoms with Crippen molar-refractivity contribution in [3.05, 3.63) is 35.4 Å². The minimum absolute atomic E-state index is 0.0364. The van der Waals surface area contributed by atoms with Gasteiger partial charge in [-0.15, -0.1) is 0 Å². The lowest BCUT2D eigenvalue weighted by atomic mass is 10.0. The van der Waals surface area contributed by atoms with Gasteiger partial charge < -0.3 is 5.32 Å². The smallest absolute Gasteiger partial charge is 0.163 e. The van der Waals surface area contributed by atoms with Crippen LogP contribution in [0.4, 0.5) is 8.78 Å². The first-order chi connectivity index (χ1) is 6.74. The summed E-state index contributed by atoms with van der Waals surface area (Å²) in [6.45, 7) is 0. The van der Waals surface area contributed by atoms with Crippen LogP contribution in [0, 0.1) is 17.6 Å². The first kappa shape index (κ1) is 9.59. The van der Waals surface area contributed by atoms with E-state index in [2.05, 4.69) is 5.32 Å². The van der Waals surface area contributed by atoms with Crippen LogP contribution >= 0.6 is 0 Å². The zero-order valence-electron chi connectivity index (χ0n) is 8.06. The summed E-state index contributed by atoms with van der Waals surface area (Å²) in [6, 6.07) is 4.32. The van der Waals surface area contributed by atoms with E-state index in [1.165, 1.54) is 0 Å². The second-order valence-electron chi connectivity index (χ2n) is 3.75. The van der Waals surface area contributed by atoms with Crippen molar-refractivity contribution in [3.63, 3.8) is 0 Å². The third-order valence-electron chi connectivity index (χ3n) is 2.72. The zero-order chi connectivity index (χ0) is 10.1. The van der Waals surface area contributed by atoms with Gasteiger partial charge in [-0.2, -0.15) is 0 Å². The number of benzene rings is 1. The van der Waals surface area contributed by atoms with E-state index < -0.39 is 11.6 Å². The summed E-state index contributed by atoms with van der Waals surface area (Å²) in [5.74, 6) is -1.00. The second kappa shape index (κ2) is 3.65. The minimum atomic E-state index is -0.761. The average molecular weight is 197 g/mol. The van der Waals surface area contributed by atoms with Crippen LogP contribution in [0.3, 0.4) is 0 Å². The lowest BCUT2D eigenvalue weighted by Crippen LogP contribution is -2.19. The van der Waals surface area contributed by atoms with Crippen molar-refractivity contribution in [1.82, 2.24) is 5.32 Å². The zero-order valence-corrected chi connectivity index (χ0v) is 8.06. The molecule has 1 nitrogen and oxygen atoms in total. The quantitative estimate of drug-likeness (QED) is 0.785.